The molecule has 4 atom stereocenters. The molecule has 0 bridgehead atoms. The summed E-state index contributed by atoms with van der Waals surface area (Å²) in [4.78, 5) is 0. The van der Waals surface area contributed by atoms with Crippen LogP contribution in [0, 0.1) is 0 Å². The van der Waals surface area contributed by atoms with Crippen LogP contribution >= 0.6 is 18.2 Å². The van der Waals surface area contributed by atoms with Crippen LogP contribution in [-0.4, -0.2) is 57.2 Å². The first-order valence-corrected chi connectivity index (χ1v) is 15.6. The van der Waals surface area contributed by atoms with Crippen molar-refractivity contribution in [3.05, 3.63) is 0 Å². The second-order valence-electron chi connectivity index (χ2n) is 8.54. The summed E-state index contributed by atoms with van der Waals surface area (Å²) >= 11 is 1.12. The molecule has 182 valence electrons. The Labute approximate surface area is 195 Å². The lowest BCUT2D eigenvalue weighted by Gasteiger charge is -2.20. The van der Waals surface area contributed by atoms with Crippen molar-refractivity contribution in [1.82, 2.24) is 0 Å². The van der Waals surface area contributed by atoms with E-state index in [2.05, 4.69) is 0 Å². The zero-order valence-corrected chi connectivity index (χ0v) is 21.3. The van der Waals surface area contributed by atoms with Gasteiger partial charge >= 0.3 is 6.80 Å². The highest BCUT2D eigenvalue weighted by atomic mass is 32.7. The van der Waals surface area contributed by atoms with Crippen molar-refractivity contribution in [1.29, 1.82) is 0 Å². The highest BCUT2D eigenvalue weighted by molar-refractivity contribution is 8.54. The van der Waals surface area contributed by atoms with Crippen molar-refractivity contribution in [3.8, 4) is 0 Å². The summed E-state index contributed by atoms with van der Waals surface area (Å²) in [7, 11) is 5.72. The van der Waals surface area contributed by atoms with Gasteiger partial charge in [0.2, 0.25) is 0 Å². The van der Waals surface area contributed by atoms with E-state index in [1.54, 1.807) is 6.26 Å². The fourth-order valence-electron chi connectivity index (χ4n) is 3.78. The topological polar surface area (TPSA) is 91.0 Å². The molecule has 1 heterocycles. The Morgan fingerprint density at radius 1 is 0.935 bits per heavy atom. The van der Waals surface area contributed by atoms with Gasteiger partial charge in [-0.2, -0.15) is 0 Å². The molecule has 0 amide bonds. The first kappa shape index (κ1) is 29.5. The summed E-state index contributed by atoms with van der Waals surface area (Å²) in [6.07, 6.45) is 19.1. The first-order valence-electron chi connectivity index (χ1n) is 12.2. The molecule has 31 heavy (non-hydrogen) atoms. The monoisotopic (exact) mass is 477 g/mol. The van der Waals surface area contributed by atoms with Crippen LogP contribution < -0.4 is 5.73 Å². The third kappa shape index (κ3) is 15.1. The molecule has 0 aromatic heterocycles. The van der Waals surface area contributed by atoms with Gasteiger partial charge in [-0.25, -0.2) is 4.57 Å². The number of aliphatic hydroxyl groups excluding tert-OH is 1. The minimum atomic E-state index is -3.16. The van der Waals surface area contributed by atoms with Gasteiger partial charge in [-0.05, 0) is 36.9 Å². The third-order valence-electron chi connectivity index (χ3n) is 5.75. The number of ether oxygens (including phenoxy) is 1. The first-order chi connectivity index (χ1) is 15.0. The Morgan fingerprint density at radius 3 is 1.84 bits per heavy atom. The number of hydrogen-bond donors (Lipinski definition) is 2. The van der Waals surface area contributed by atoms with Gasteiger partial charge < -0.3 is 20.1 Å². The minimum absolute atomic E-state index is 0.150. The number of rotatable bonds is 21. The predicted molar refractivity (Wildman–Crippen MR) is 132 cm³/mol. The normalized spacial score (nSPS) is 23.3. The SMILES string of the molecule is [B][C@H]1CC(N)[C@@H](COP(=O)(OCCCCCCCCCCCCCCCCO)SC)O1. The van der Waals surface area contributed by atoms with Crippen molar-refractivity contribution in [3.63, 3.8) is 0 Å². The van der Waals surface area contributed by atoms with Gasteiger partial charge in [0.1, 0.15) is 7.85 Å². The van der Waals surface area contributed by atoms with Gasteiger partial charge in [0, 0.05) is 18.7 Å². The Bertz CT molecular complexity index is 477. The van der Waals surface area contributed by atoms with E-state index < -0.39 is 6.80 Å². The molecule has 6 nitrogen and oxygen atoms in total. The summed E-state index contributed by atoms with van der Waals surface area (Å²) in [6, 6.07) is -0.557. The van der Waals surface area contributed by atoms with Crippen LogP contribution in [-0.2, 0) is 18.3 Å². The van der Waals surface area contributed by atoms with Crippen LogP contribution in [0.1, 0.15) is 96.3 Å². The second kappa shape index (κ2) is 18.8. The van der Waals surface area contributed by atoms with Gasteiger partial charge in [-0.3, -0.25) is 4.52 Å². The maximum Gasteiger partial charge on any atom is 0.388 e. The number of aliphatic hydroxyl groups is 1. The van der Waals surface area contributed by atoms with Crippen molar-refractivity contribution >= 4 is 26.0 Å². The highest BCUT2D eigenvalue weighted by Crippen LogP contribution is 2.59. The fraction of sp³-hybridized carbons (Fsp3) is 1.00. The molecular formula is C22H45BNO5PS. The Hall–Kier alpha value is 0.445. The molecule has 2 unspecified atom stereocenters. The van der Waals surface area contributed by atoms with Crippen LogP contribution in [0.4, 0.5) is 0 Å². The number of hydrogen-bond acceptors (Lipinski definition) is 7. The Balaban J connectivity index is 1.90. The van der Waals surface area contributed by atoms with E-state index in [0.717, 1.165) is 30.6 Å². The lowest BCUT2D eigenvalue weighted by atomic mass is 9.95. The van der Waals surface area contributed by atoms with Gasteiger partial charge in [0.25, 0.3) is 0 Å². The summed E-state index contributed by atoms with van der Waals surface area (Å²) < 4.78 is 29.2. The number of unbranched alkanes of at least 4 members (excludes halogenated alkanes) is 13. The predicted octanol–water partition coefficient (Wildman–Crippen LogP) is 5.56. The van der Waals surface area contributed by atoms with Crippen LogP contribution in [0.5, 0.6) is 0 Å². The van der Waals surface area contributed by atoms with Crippen molar-refractivity contribution < 1.29 is 23.5 Å². The lowest BCUT2D eigenvalue weighted by molar-refractivity contribution is 0.0415. The molecule has 2 radical (unpaired) electrons. The molecule has 1 rings (SSSR count). The lowest BCUT2D eigenvalue weighted by Crippen LogP contribution is -2.33. The molecule has 0 aromatic carbocycles. The van der Waals surface area contributed by atoms with Gasteiger partial charge in [0.05, 0.1) is 19.3 Å². The van der Waals surface area contributed by atoms with Crippen molar-refractivity contribution in [2.24, 2.45) is 5.73 Å². The molecule has 3 N–H and O–H groups in total. The summed E-state index contributed by atoms with van der Waals surface area (Å²) in [6.45, 7) is -2.22. The maximum atomic E-state index is 12.7. The summed E-state index contributed by atoms with van der Waals surface area (Å²) in [5.74, 6) is 0. The average molecular weight is 477 g/mol. The fourth-order valence-corrected chi connectivity index (χ4v) is 5.79. The Morgan fingerprint density at radius 2 is 1.42 bits per heavy atom. The van der Waals surface area contributed by atoms with E-state index in [9.17, 15) is 4.57 Å². The van der Waals surface area contributed by atoms with Crippen molar-refractivity contribution in [2.45, 2.75) is 114 Å². The van der Waals surface area contributed by atoms with E-state index in [1.807, 2.05) is 0 Å². The minimum Gasteiger partial charge on any atom is -0.396 e. The molecular weight excluding hydrogens is 432 g/mol. The van der Waals surface area contributed by atoms with E-state index in [1.165, 1.54) is 70.6 Å². The van der Waals surface area contributed by atoms with Crippen LogP contribution in [0.15, 0.2) is 0 Å². The zero-order valence-electron chi connectivity index (χ0n) is 19.6. The molecule has 1 fully saturated rings. The largest absolute Gasteiger partial charge is 0.396 e. The van der Waals surface area contributed by atoms with Crippen LogP contribution in [0.25, 0.3) is 0 Å². The Kier molecular flexibility index (Phi) is 17.9. The van der Waals surface area contributed by atoms with E-state index >= 15 is 0 Å². The smallest absolute Gasteiger partial charge is 0.388 e. The van der Waals surface area contributed by atoms with Crippen LogP contribution in [0.2, 0.25) is 0 Å². The molecule has 0 saturated carbocycles. The molecule has 1 saturated heterocycles. The van der Waals surface area contributed by atoms with Gasteiger partial charge in [-0.15, -0.1) is 0 Å². The van der Waals surface area contributed by atoms with Gasteiger partial charge in [0.15, 0.2) is 0 Å². The standard InChI is InChI=1S/C22H45BNO5PS/c1-31-30(26,28-19-21-20(24)18-22(23)29-21)27-17-15-13-11-9-7-5-3-2-4-6-8-10-12-14-16-25/h20-22,25H,2-19,24H2,1H3/t20?,21-,22-,30?/m1/s1. The zero-order chi connectivity index (χ0) is 22.8. The van der Waals surface area contributed by atoms with Crippen molar-refractivity contribution in [2.75, 3.05) is 26.1 Å². The quantitative estimate of drug-likeness (QED) is 0.127. The molecule has 1 aliphatic rings. The molecule has 0 aromatic rings. The van der Waals surface area contributed by atoms with Gasteiger partial charge in [-0.1, -0.05) is 77.0 Å². The van der Waals surface area contributed by atoms with E-state index in [4.69, 9.17) is 32.5 Å². The van der Waals surface area contributed by atoms with Crippen LogP contribution in [0.3, 0.4) is 0 Å². The molecule has 9 heteroatoms. The molecule has 0 aliphatic carbocycles. The molecule has 0 spiro atoms. The average Bonchev–Trinajstić information content (AvgIpc) is 3.09. The second-order valence-corrected chi connectivity index (χ2v) is 12.8. The summed E-state index contributed by atoms with van der Waals surface area (Å²) in [5, 5.41) is 8.75. The molecule has 1 aliphatic heterocycles. The highest BCUT2D eigenvalue weighted by Gasteiger charge is 2.33. The van der Waals surface area contributed by atoms with E-state index in [0.29, 0.717) is 19.6 Å². The summed E-state index contributed by atoms with van der Waals surface area (Å²) in [5.41, 5.74) is 5.95. The third-order valence-corrected chi connectivity index (χ3v) is 9.14. The maximum absolute atomic E-state index is 12.7. The van der Waals surface area contributed by atoms with E-state index in [-0.39, 0.29) is 24.8 Å². The number of nitrogens with two attached hydrogens (primary N) is 1.